The van der Waals surface area contributed by atoms with Gasteiger partial charge in [-0.2, -0.15) is 0 Å². The first-order valence-electron chi connectivity index (χ1n) is 7.20. The lowest BCUT2D eigenvalue weighted by atomic mass is 9.83. The van der Waals surface area contributed by atoms with E-state index in [2.05, 4.69) is 24.4 Å². The van der Waals surface area contributed by atoms with Gasteiger partial charge in [0.05, 0.1) is 0 Å². The second-order valence-corrected chi connectivity index (χ2v) is 5.84. The molecule has 1 unspecified atom stereocenters. The summed E-state index contributed by atoms with van der Waals surface area (Å²) >= 11 is 0. The SMILES string of the molecule is CCC1(CNCC2CC=CCC2)CCCC1. The van der Waals surface area contributed by atoms with E-state index in [4.69, 9.17) is 0 Å². The van der Waals surface area contributed by atoms with Crippen LogP contribution in [0.1, 0.15) is 58.3 Å². The molecule has 1 heteroatoms. The number of hydrogen-bond donors (Lipinski definition) is 1. The highest BCUT2D eigenvalue weighted by atomic mass is 14.9. The van der Waals surface area contributed by atoms with Crippen LogP contribution in [0.4, 0.5) is 0 Å². The zero-order valence-electron chi connectivity index (χ0n) is 10.8. The molecule has 0 aromatic carbocycles. The van der Waals surface area contributed by atoms with Crippen LogP contribution in [-0.4, -0.2) is 13.1 Å². The first kappa shape index (κ1) is 12.2. The third-order valence-corrected chi connectivity index (χ3v) is 4.72. The van der Waals surface area contributed by atoms with Gasteiger partial charge in [-0.05, 0) is 56.4 Å². The smallest absolute Gasteiger partial charge is 0.000782 e. The summed E-state index contributed by atoms with van der Waals surface area (Å²) < 4.78 is 0. The highest BCUT2D eigenvalue weighted by molar-refractivity contribution is 4.91. The molecule has 0 bridgehead atoms. The van der Waals surface area contributed by atoms with Gasteiger partial charge in [0.2, 0.25) is 0 Å². The molecule has 0 aromatic heterocycles. The Hall–Kier alpha value is -0.300. The normalized spacial score (nSPS) is 28.4. The van der Waals surface area contributed by atoms with E-state index >= 15 is 0 Å². The molecule has 1 atom stereocenters. The zero-order valence-corrected chi connectivity index (χ0v) is 10.8. The maximum atomic E-state index is 3.75. The minimum atomic E-state index is 0.657. The van der Waals surface area contributed by atoms with Crippen molar-refractivity contribution < 1.29 is 0 Å². The van der Waals surface area contributed by atoms with E-state index in [-0.39, 0.29) is 0 Å². The predicted octanol–water partition coefficient (Wildman–Crippen LogP) is 3.90. The van der Waals surface area contributed by atoms with Crippen LogP contribution >= 0.6 is 0 Å². The number of hydrogen-bond acceptors (Lipinski definition) is 1. The molecule has 2 aliphatic carbocycles. The second kappa shape index (κ2) is 5.86. The molecule has 1 nitrogen and oxygen atoms in total. The lowest BCUT2D eigenvalue weighted by Gasteiger charge is -2.29. The Morgan fingerprint density at radius 2 is 2.06 bits per heavy atom. The molecule has 0 amide bonds. The van der Waals surface area contributed by atoms with Crippen LogP contribution < -0.4 is 5.32 Å². The van der Waals surface area contributed by atoms with Gasteiger partial charge < -0.3 is 5.32 Å². The number of nitrogens with one attached hydrogen (secondary N) is 1. The van der Waals surface area contributed by atoms with E-state index in [0.29, 0.717) is 5.41 Å². The van der Waals surface area contributed by atoms with Gasteiger partial charge in [-0.15, -0.1) is 0 Å². The van der Waals surface area contributed by atoms with E-state index in [9.17, 15) is 0 Å². The topological polar surface area (TPSA) is 12.0 Å². The fourth-order valence-corrected chi connectivity index (χ4v) is 3.36. The second-order valence-electron chi connectivity index (χ2n) is 5.84. The van der Waals surface area contributed by atoms with Crippen LogP contribution in [0.5, 0.6) is 0 Å². The quantitative estimate of drug-likeness (QED) is 0.694. The van der Waals surface area contributed by atoms with Crippen LogP contribution in [0.3, 0.4) is 0 Å². The standard InChI is InChI=1S/C15H27N/c1-2-15(10-6-7-11-15)13-16-12-14-8-4-3-5-9-14/h3-4,14,16H,2,5-13H2,1H3. The lowest BCUT2D eigenvalue weighted by Crippen LogP contribution is -2.34. The Labute approximate surface area is 101 Å². The third kappa shape index (κ3) is 3.10. The van der Waals surface area contributed by atoms with Gasteiger partial charge in [0.15, 0.2) is 0 Å². The summed E-state index contributed by atoms with van der Waals surface area (Å²) in [4.78, 5) is 0. The van der Waals surface area contributed by atoms with Crippen molar-refractivity contribution >= 4 is 0 Å². The van der Waals surface area contributed by atoms with Crippen molar-refractivity contribution in [2.24, 2.45) is 11.3 Å². The predicted molar refractivity (Wildman–Crippen MR) is 70.5 cm³/mol. The maximum Gasteiger partial charge on any atom is 0.000782 e. The number of allylic oxidation sites excluding steroid dienone is 2. The van der Waals surface area contributed by atoms with Crippen molar-refractivity contribution in [2.45, 2.75) is 58.3 Å². The lowest BCUT2D eigenvalue weighted by molar-refractivity contribution is 0.259. The van der Waals surface area contributed by atoms with E-state index in [0.717, 1.165) is 5.92 Å². The Morgan fingerprint density at radius 1 is 1.25 bits per heavy atom. The summed E-state index contributed by atoms with van der Waals surface area (Å²) in [5.41, 5.74) is 0.657. The van der Waals surface area contributed by atoms with Gasteiger partial charge in [-0.25, -0.2) is 0 Å². The van der Waals surface area contributed by atoms with Gasteiger partial charge in [-0.3, -0.25) is 0 Å². The van der Waals surface area contributed by atoms with Gasteiger partial charge in [-0.1, -0.05) is 31.9 Å². The largest absolute Gasteiger partial charge is 0.316 e. The Bertz CT molecular complexity index is 226. The van der Waals surface area contributed by atoms with Crippen molar-refractivity contribution in [3.63, 3.8) is 0 Å². The minimum absolute atomic E-state index is 0.657. The van der Waals surface area contributed by atoms with Crippen molar-refractivity contribution in [3.8, 4) is 0 Å². The fourth-order valence-electron chi connectivity index (χ4n) is 3.36. The van der Waals surface area contributed by atoms with Crippen molar-refractivity contribution in [1.82, 2.24) is 5.32 Å². The molecule has 0 saturated heterocycles. The summed E-state index contributed by atoms with van der Waals surface area (Å²) in [6.45, 7) is 4.88. The Morgan fingerprint density at radius 3 is 2.69 bits per heavy atom. The van der Waals surface area contributed by atoms with Gasteiger partial charge in [0, 0.05) is 6.54 Å². The zero-order chi connectivity index (χ0) is 11.3. The summed E-state index contributed by atoms with van der Waals surface area (Å²) in [6.07, 6.45) is 15.9. The molecule has 0 aliphatic heterocycles. The van der Waals surface area contributed by atoms with E-state index in [1.807, 2.05) is 0 Å². The van der Waals surface area contributed by atoms with Gasteiger partial charge in [0.1, 0.15) is 0 Å². The average Bonchev–Trinajstić information content (AvgIpc) is 2.80. The Balaban J connectivity index is 1.68. The van der Waals surface area contributed by atoms with Gasteiger partial charge in [0.25, 0.3) is 0 Å². The molecule has 0 spiro atoms. The van der Waals surface area contributed by atoms with Crippen molar-refractivity contribution in [2.75, 3.05) is 13.1 Å². The molecule has 0 aromatic rings. The van der Waals surface area contributed by atoms with Crippen LogP contribution in [0, 0.1) is 11.3 Å². The monoisotopic (exact) mass is 221 g/mol. The molecule has 1 fully saturated rings. The van der Waals surface area contributed by atoms with Gasteiger partial charge >= 0.3 is 0 Å². The third-order valence-electron chi connectivity index (χ3n) is 4.72. The fraction of sp³-hybridized carbons (Fsp3) is 0.867. The van der Waals surface area contributed by atoms with E-state index < -0.39 is 0 Å². The maximum absolute atomic E-state index is 3.75. The summed E-state index contributed by atoms with van der Waals surface area (Å²) in [5, 5.41) is 3.75. The molecule has 16 heavy (non-hydrogen) atoms. The summed E-state index contributed by atoms with van der Waals surface area (Å²) in [7, 11) is 0. The Kier molecular flexibility index (Phi) is 4.45. The van der Waals surface area contributed by atoms with Crippen molar-refractivity contribution in [1.29, 1.82) is 0 Å². The molecular formula is C15H27N. The molecule has 0 radical (unpaired) electrons. The van der Waals surface area contributed by atoms with E-state index in [1.165, 1.54) is 64.5 Å². The van der Waals surface area contributed by atoms with Crippen molar-refractivity contribution in [3.05, 3.63) is 12.2 Å². The molecule has 1 N–H and O–H groups in total. The highest BCUT2D eigenvalue weighted by Gasteiger charge is 2.31. The summed E-state index contributed by atoms with van der Waals surface area (Å²) in [5.74, 6) is 0.903. The first-order chi connectivity index (χ1) is 7.85. The summed E-state index contributed by atoms with van der Waals surface area (Å²) in [6, 6.07) is 0. The van der Waals surface area contributed by atoms with Crippen LogP contribution in [0.15, 0.2) is 12.2 Å². The van der Waals surface area contributed by atoms with E-state index in [1.54, 1.807) is 0 Å². The number of rotatable bonds is 5. The molecule has 2 rings (SSSR count). The molecule has 1 saturated carbocycles. The molecule has 0 heterocycles. The average molecular weight is 221 g/mol. The molecule has 92 valence electrons. The molecule has 2 aliphatic rings. The molecular weight excluding hydrogens is 194 g/mol. The van der Waals surface area contributed by atoms with Crippen LogP contribution in [0.25, 0.3) is 0 Å². The van der Waals surface area contributed by atoms with Crippen LogP contribution in [-0.2, 0) is 0 Å². The minimum Gasteiger partial charge on any atom is -0.316 e. The first-order valence-corrected chi connectivity index (χ1v) is 7.20. The highest BCUT2D eigenvalue weighted by Crippen LogP contribution is 2.40. The van der Waals surface area contributed by atoms with Crippen LogP contribution in [0.2, 0.25) is 0 Å².